The van der Waals surface area contributed by atoms with Crippen LogP contribution in [0.15, 0.2) is 44.5 Å². The second-order valence-corrected chi connectivity index (χ2v) is 11.2. The van der Waals surface area contributed by atoms with E-state index in [1.807, 2.05) is 0 Å². The third-order valence-electron chi connectivity index (χ3n) is 5.18. The maximum atomic E-state index is 13.3. The lowest BCUT2D eigenvalue weighted by Gasteiger charge is -2.13. The number of carboxylic acid groups (broad SMARTS) is 1. The van der Waals surface area contributed by atoms with Crippen molar-refractivity contribution in [2.24, 2.45) is 0 Å². The lowest BCUT2D eigenvalue weighted by atomic mass is 10.1. The normalized spacial score (nSPS) is 15.8. The molecule has 1 aromatic heterocycles. The highest BCUT2D eigenvalue weighted by Gasteiger charge is 2.34. The third-order valence-corrected chi connectivity index (χ3v) is 8.03. The van der Waals surface area contributed by atoms with Gasteiger partial charge in [0.05, 0.1) is 15.4 Å². The van der Waals surface area contributed by atoms with E-state index < -0.39 is 32.6 Å². The Morgan fingerprint density at radius 1 is 1.22 bits per heavy atom. The molecule has 2 N–H and O–H groups in total. The molecule has 0 bridgehead atoms. The number of sulfonamides is 1. The first-order chi connectivity index (χ1) is 16.8. The molecule has 194 valence electrons. The van der Waals surface area contributed by atoms with E-state index in [1.54, 1.807) is 0 Å². The highest BCUT2D eigenvalue weighted by atomic mass is 32.2. The van der Waals surface area contributed by atoms with Gasteiger partial charge in [-0.25, -0.2) is 13.1 Å². The SMILES string of the molecule is CNS(=O)(=O)c1ccc(C(F)(F)F)cc1-c1ccc(/C=C2\SC(=S)N(CCCCCC(=O)O)C2=O)o1. The number of thioether (sulfide) groups is 1. The van der Waals surface area contributed by atoms with Crippen molar-refractivity contribution in [3.8, 4) is 11.3 Å². The van der Waals surface area contributed by atoms with Crippen LogP contribution in [0.5, 0.6) is 0 Å². The van der Waals surface area contributed by atoms with Gasteiger partial charge in [0.1, 0.15) is 15.8 Å². The number of nitrogens with one attached hydrogen (secondary N) is 1. The Bertz CT molecular complexity index is 1320. The molecule has 0 saturated carbocycles. The smallest absolute Gasteiger partial charge is 0.416 e. The summed E-state index contributed by atoms with van der Waals surface area (Å²) in [7, 11) is -2.96. The summed E-state index contributed by atoms with van der Waals surface area (Å²) in [5, 5.41) is 8.69. The van der Waals surface area contributed by atoms with Crippen LogP contribution in [-0.2, 0) is 25.8 Å². The zero-order valence-corrected chi connectivity index (χ0v) is 21.2. The van der Waals surface area contributed by atoms with Gasteiger partial charge in [0.25, 0.3) is 5.91 Å². The van der Waals surface area contributed by atoms with Gasteiger partial charge in [0, 0.05) is 24.6 Å². The predicted molar refractivity (Wildman–Crippen MR) is 131 cm³/mol. The summed E-state index contributed by atoms with van der Waals surface area (Å²) >= 11 is 6.28. The second kappa shape index (κ2) is 11.2. The molecule has 0 atom stereocenters. The molecular weight excluding hydrogens is 541 g/mol. The van der Waals surface area contributed by atoms with Gasteiger partial charge in [-0.3, -0.25) is 14.5 Å². The molecule has 14 heteroatoms. The Kier molecular flexibility index (Phi) is 8.64. The largest absolute Gasteiger partial charge is 0.481 e. The van der Waals surface area contributed by atoms with E-state index >= 15 is 0 Å². The van der Waals surface area contributed by atoms with E-state index in [4.69, 9.17) is 21.7 Å². The summed E-state index contributed by atoms with van der Waals surface area (Å²) in [5.74, 6) is -1.27. The summed E-state index contributed by atoms with van der Waals surface area (Å²) in [6.07, 6.45) is -1.62. The molecule has 3 rings (SSSR count). The lowest BCUT2D eigenvalue weighted by molar-refractivity contribution is -0.138. The number of hydrogen-bond acceptors (Lipinski definition) is 7. The molecule has 2 aromatic rings. The number of carboxylic acids is 1. The fourth-order valence-corrected chi connectivity index (χ4v) is 5.57. The Labute approximate surface area is 214 Å². The summed E-state index contributed by atoms with van der Waals surface area (Å²) in [4.78, 5) is 24.6. The van der Waals surface area contributed by atoms with Crippen molar-refractivity contribution in [1.29, 1.82) is 0 Å². The first kappa shape index (κ1) is 27.9. The van der Waals surface area contributed by atoms with Crippen LogP contribution in [0.25, 0.3) is 17.4 Å². The molecule has 1 saturated heterocycles. The molecule has 1 fully saturated rings. The van der Waals surface area contributed by atoms with Gasteiger partial charge in [-0.2, -0.15) is 13.2 Å². The fraction of sp³-hybridized carbons (Fsp3) is 0.318. The number of furan rings is 1. The minimum absolute atomic E-state index is 0.0440. The quantitative estimate of drug-likeness (QED) is 0.243. The van der Waals surface area contributed by atoms with Crippen molar-refractivity contribution in [2.75, 3.05) is 13.6 Å². The molecule has 0 spiro atoms. The number of aliphatic carboxylic acids is 1. The van der Waals surface area contributed by atoms with Crippen LogP contribution in [0.3, 0.4) is 0 Å². The molecule has 1 aromatic carbocycles. The van der Waals surface area contributed by atoms with E-state index in [0.717, 1.165) is 24.9 Å². The number of halogens is 3. The Morgan fingerprint density at radius 3 is 2.58 bits per heavy atom. The van der Waals surface area contributed by atoms with Crippen LogP contribution < -0.4 is 4.72 Å². The highest BCUT2D eigenvalue weighted by molar-refractivity contribution is 8.26. The summed E-state index contributed by atoms with van der Waals surface area (Å²) in [5.41, 5.74) is -1.33. The Hall–Kier alpha value is -2.68. The van der Waals surface area contributed by atoms with Crippen LogP contribution in [0, 0.1) is 0 Å². The molecule has 36 heavy (non-hydrogen) atoms. The van der Waals surface area contributed by atoms with Crippen molar-refractivity contribution in [3.63, 3.8) is 0 Å². The molecule has 1 aliphatic heterocycles. The van der Waals surface area contributed by atoms with E-state index in [9.17, 15) is 31.2 Å². The van der Waals surface area contributed by atoms with E-state index in [1.165, 1.54) is 23.1 Å². The van der Waals surface area contributed by atoms with E-state index in [2.05, 4.69) is 4.72 Å². The number of benzene rings is 1. The van der Waals surface area contributed by atoms with Crippen molar-refractivity contribution in [2.45, 2.75) is 36.8 Å². The average molecular weight is 563 g/mol. The van der Waals surface area contributed by atoms with Gasteiger partial charge in [-0.05, 0) is 50.2 Å². The van der Waals surface area contributed by atoms with Crippen LogP contribution >= 0.6 is 24.0 Å². The number of carbonyl (C=O) groups excluding carboxylic acids is 1. The van der Waals surface area contributed by atoms with Crippen molar-refractivity contribution in [3.05, 3.63) is 46.6 Å². The summed E-state index contributed by atoms with van der Waals surface area (Å²) in [6.45, 7) is 0.320. The maximum absolute atomic E-state index is 13.3. The Balaban J connectivity index is 1.84. The predicted octanol–water partition coefficient (Wildman–Crippen LogP) is 4.72. The first-order valence-corrected chi connectivity index (χ1v) is 13.3. The number of thiocarbonyl (C=S) groups is 1. The van der Waals surface area contributed by atoms with Gasteiger partial charge < -0.3 is 9.52 Å². The van der Waals surface area contributed by atoms with Gasteiger partial charge >= 0.3 is 12.1 Å². The third kappa shape index (κ3) is 6.55. The molecule has 0 unspecified atom stereocenters. The first-order valence-electron chi connectivity index (χ1n) is 10.6. The zero-order valence-electron chi connectivity index (χ0n) is 18.8. The fourth-order valence-electron chi connectivity index (χ4n) is 3.36. The number of unbranched alkanes of at least 4 members (excludes halogenated alkanes) is 2. The van der Waals surface area contributed by atoms with Crippen molar-refractivity contribution >= 4 is 56.3 Å². The number of alkyl halides is 3. The molecule has 0 aliphatic carbocycles. The van der Waals surface area contributed by atoms with Crippen molar-refractivity contribution < 1.29 is 40.7 Å². The number of rotatable bonds is 10. The minimum atomic E-state index is -4.70. The molecular formula is C22H21F3N2O6S3. The average Bonchev–Trinajstić information content (AvgIpc) is 3.37. The van der Waals surface area contributed by atoms with Crippen LogP contribution in [0.2, 0.25) is 0 Å². The molecule has 1 aliphatic rings. The summed E-state index contributed by atoms with van der Waals surface area (Å²) in [6, 6.07) is 4.94. The lowest BCUT2D eigenvalue weighted by Crippen LogP contribution is -2.29. The van der Waals surface area contributed by atoms with E-state index in [0.29, 0.717) is 42.3 Å². The number of hydrogen-bond donors (Lipinski definition) is 2. The van der Waals surface area contributed by atoms with Gasteiger partial charge in [0.15, 0.2) is 0 Å². The maximum Gasteiger partial charge on any atom is 0.416 e. The van der Waals surface area contributed by atoms with Crippen molar-refractivity contribution in [1.82, 2.24) is 9.62 Å². The number of amides is 1. The highest BCUT2D eigenvalue weighted by Crippen LogP contribution is 2.38. The number of carbonyl (C=O) groups is 2. The second-order valence-electron chi connectivity index (χ2n) is 7.66. The van der Waals surface area contributed by atoms with Crippen LogP contribution in [-0.4, -0.2) is 48.2 Å². The zero-order chi connectivity index (χ0) is 26.7. The summed E-state index contributed by atoms with van der Waals surface area (Å²) < 4.78 is 72.6. The minimum Gasteiger partial charge on any atom is -0.481 e. The van der Waals surface area contributed by atoms with Gasteiger partial charge in [-0.15, -0.1) is 0 Å². The van der Waals surface area contributed by atoms with Crippen LogP contribution in [0.1, 0.15) is 37.0 Å². The number of nitrogens with zero attached hydrogens (tertiary/aromatic N) is 1. The Morgan fingerprint density at radius 2 is 1.94 bits per heavy atom. The van der Waals surface area contributed by atoms with Gasteiger partial charge in [0.2, 0.25) is 10.0 Å². The van der Waals surface area contributed by atoms with Gasteiger partial charge in [-0.1, -0.05) is 30.4 Å². The van der Waals surface area contributed by atoms with E-state index in [-0.39, 0.29) is 34.3 Å². The topological polar surface area (TPSA) is 117 Å². The molecule has 0 radical (unpaired) electrons. The van der Waals surface area contributed by atoms with Crippen LogP contribution in [0.4, 0.5) is 13.2 Å². The molecule has 1 amide bonds. The molecule has 8 nitrogen and oxygen atoms in total. The molecule has 2 heterocycles. The monoisotopic (exact) mass is 562 g/mol. The standard InChI is InChI=1S/C22H21F3N2O6S3/c1-26-36(31,32)18-9-6-13(22(23,24)25)11-15(18)16-8-7-14(33-16)12-17-20(30)27(21(34)35-17)10-4-2-3-5-19(28)29/h6-9,11-12,26H,2-5,10H2,1H3,(H,28,29)/b17-12-.